The number of hydrogen-bond acceptors (Lipinski definition) is 5. The van der Waals surface area contributed by atoms with Gasteiger partial charge in [0.15, 0.2) is 11.0 Å². The van der Waals surface area contributed by atoms with Crippen LogP contribution in [-0.2, 0) is 11.3 Å². The molecule has 1 aliphatic carbocycles. The van der Waals surface area contributed by atoms with Gasteiger partial charge in [0.1, 0.15) is 0 Å². The van der Waals surface area contributed by atoms with Gasteiger partial charge in [-0.1, -0.05) is 51.3 Å². The molecule has 0 aliphatic heterocycles. The van der Waals surface area contributed by atoms with E-state index in [2.05, 4.69) is 52.3 Å². The molecule has 1 aliphatic rings. The predicted octanol–water partition coefficient (Wildman–Crippen LogP) is 5.08. The number of nitrogens with one attached hydrogen (secondary N) is 1. The summed E-state index contributed by atoms with van der Waals surface area (Å²) in [5, 5.41) is 14.9. The van der Waals surface area contributed by atoms with Crippen LogP contribution < -0.4 is 5.32 Å². The van der Waals surface area contributed by atoms with Crippen LogP contribution in [0, 0.1) is 0 Å². The van der Waals surface area contributed by atoms with E-state index in [1.165, 1.54) is 42.3 Å². The van der Waals surface area contributed by atoms with Crippen molar-refractivity contribution in [3.05, 3.63) is 16.3 Å². The number of rotatable bonds is 7. The molecule has 148 valence electrons. The molecule has 2 aromatic rings. The van der Waals surface area contributed by atoms with Crippen molar-refractivity contribution in [2.75, 3.05) is 5.75 Å². The minimum absolute atomic E-state index is 0.108. The third kappa shape index (κ3) is 5.35. The van der Waals surface area contributed by atoms with E-state index in [1.807, 2.05) is 0 Å². The molecule has 0 spiro atoms. The standard InChI is InChI=1S/C20H30N4OS2/c1-4-24-19(15-11-17(14(2)3)26-12-15)22-23-20(24)27-13-18(25)21-16-9-7-5-6-8-10-16/h11-12,14,16H,4-10,13H2,1-3H3,(H,21,25). The van der Waals surface area contributed by atoms with Gasteiger partial charge in [0, 0.05) is 28.4 Å². The van der Waals surface area contributed by atoms with E-state index in [9.17, 15) is 4.79 Å². The highest BCUT2D eigenvalue weighted by atomic mass is 32.2. The summed E-state index contributed by atoms with van der Waals surface area (Å²) >= 11 is 3.25. The quantitative estimate of drug-likeness (QED) is 0.514. The van der Waals surface area contributed by atoms with E-state index in [1.54, 1.807) is 11.3 Å². The Morgan fingerprint density at radius 1 is 1.30 bits per heavy atom. The molecule has 2 aromatic heterocycles. The molecular weight excluding hydrogens is 376 g/mol. The van der Waals surface area contributed by atoms with E-state index < -0.39 is 0 Å². The summed E-state index contributed by atoms with van der Waals surface area (Å²) in [6.45, 7) is 7.29. The van der Waals surface area contributed by atoms with Crippen LogP contribution in [-0.4, -0.2) is 32.5 Å². The van der Waals surface area contributed by atoms with E-state index >= 15 is 0 Å². The third-order valence-corrected chi connectivity index (χ3v) is 7.23. The predicted molar refractivity (Wildman–Crippen MR) is 113 cm³/mol. The number of nitrogens with zero attached hydrogens (tertiary/aromatic N) is 3. The van der Waals surface area contributed by atoms with E-state index in [0.717, 1.165) is 35.9 Å². The molecule has 1 saturated carbocycles. The number of thioether (sulfide) groups is 1. The molecule has 1 fully saturated rings. The minimum Gasteiger partial charge on any atom is -0.353 e. The second-order valence-corrected chi connectivity index (χ2v) is 9.37. The van der Waals surface area contributed by atoms with Gasteiger partial charge in [0.05, 0.1) is 5.75 Å². The van der Waals surface area contributed by atoms with Crippen LogP contribution in [0.3, 0.4) is 0 Å². The Morgan fingerprint density at radius 2 is 2.04 bits per heavy atom. The second-order valence-electron chi connectivity index (χ2n) is 7.49. The Hall–Kier alpha value is -1.34. The zero-order chi connectivity index (χ0) is 19.2. The lowest BCUT2D eigenvalue weighted by Gasteiger charge is -2.15. The van der Waals surface area contributed by atoms with Crippen molar-refractivity contribution in [3.8, 4) is 11.4 Å². The number of carbonyl (C=O) groups excluding carboxylic acids is 1. The largest absolute Gasteiger partial charge is 0.353 e. The smallest absolute Gasteiger partial charge is 0.230 e. The molecule has 0 atom stereocenters. The Bertz CT molecular complexity index is 745. The van der Waals surface area contributed by atoms with Gasteiger partial charge in [-0.25, -0.2) is 0 Å². The molecule has 5 nitrogen and oxygen atoms in total. The Kier molecular flexibility index (Phi) is 7.35. The fourth-order valence-electron chi connectivity index (χ4n) is 3.49. The summed E-state index contributed by atoms with van der Waals surface area (Å²) in [6.07, 6.45) is 7.27. The summed E-state index contributed by atoms with van der Waals surface area (Å²) in [4.78, 5) is 13.7. The molecule has 1 N–H and O–H groups in total. The van der Waals surface area contributed by atoms with Crippen LogP contribution in [0.15, 0.2) is 16.6 Å². The molecular formula is C20H30N4OS2. The van der Waals surface area contributed by atoms with Crippen molar-refractivity contribution >= 4 is 29.0 Å². The van der Waals surface area contributed by atoms with Gasteiger partial charge in [-0.2, -0.15) is 0 Å². The van der Waals surface area contributed by atoms with Crippen LogP contribution >= 0.6 is 23.1 Å². The summed E-state index contributed by atoms with van der Waals surface area (Å²) in [5.74, 6) is 1.92. The molecule has 3 rings (SSSR count). The maximum Gasteiger partial charge on any atom is 0.230 e. The first-order valence-electron chi connectivity index (χ1n) is 10.0. The summed E-state index contributed by atoms with van der Waals surface area (Å²) in [5.41, 5.74) is 1.12. The molecule has 0 saturated heterocycles. The number of carbonyl (C=O) groups is 1. The van der Waals surface area contributed by atoms with E-state index in [0.29, 0.717) is 17.7 Å². The monoisotopic (exact) mass is 406 g/mol. The lowest BCUT2D eigenvalue weighted by Crippen LogP contribution is -2.35. The van der Waals surface area contributed by atoms with Gasteiger partial charge in [-0.05, 0) is 31.7 Å². The van der Waals surface area contributed by atoms with Crippen LogP contribution in [0.1, 0.15) is 70.1 Å². The van der Waals surface area contributed by atoms with Crippen LogP contribution in [0.25, 0.3) is 11.4 Å². The molecule has 7 heteroatoms. The topological polar surface area (TPSA) is 59.8 Å². The van der Waals surface area contributed by atoms with Gasteiger partial charge in [0.25, 0.3) is 0 Å². The van der Waals surface area contributed by atoms with Crippen molar-refractivity contribution in [1.82, 2.24) is 20.1 Å². The lowest BCUT2D eigenvalue weighted by atomic mass is 10.1. The first-order valence-corrected chi connectivity index (χ1v) is 11.9. The maximum atomic E-state index is 12.4. The average Bonchev–Trinajstić information content (AvgIpc) is 3.21. The molecule has 0 unspecified atom stereocenters. The highest BCUT2D eigenvalue weighted by Gasteiger charge is 2.18. The summed E-state index contributed by atoms with van der Waals surface area (Å²) in [6, 6.07) is 2.55. The van der Waals surface area contributed by atoms with Crippen molar-refractivity contribution in [1.29, 1.82) is 0 Å². The Morgan fingerprint density at radius 3 is 2.67 bits per heavy atom. The number of thiophene rings is 1. The van der Waals surface area contributed by atoms with Gasteiger partial charge in [0.2, 0.25) is 5.91 Å². The fourth-order valence-corrected chi connectivity index (χ4v) is 5.21. The highest BCUT2D eigenvalue weighted by Crippen LogP contribution is 2.31. The SMILES string of the molecule is CCn1c(SCC(=O)NC2CCCCCC2)nnc1-c1csc(C(C)C)c1. The third-order valence-electron chi connectivity index (χ3n) is 5.03. The normalized spacial score (nSPS) is 15.9. The summed E-state index contributed by atoms with van der Waals surface area (Å²) < 4.78 is 2.11. The van der Waals surface area contributed by atoms with Crippen LogP contribution in [0.2, 0.25) is 0 Å². The molecule has 2 heterocycles. The van der Waals surface area contributed by atoms with Gasteiger partial charge in [-0.15, -0.1) is 21.5 Å². The zero-order valence-corrected chi connectivity index (χ0v) is 18.2. The van der Waals surface area contributed by atoms with Gasteiger partial charge >= 0.3 is 0 Å². The number of hydrogen-bond donors (Lipinski definition) is 1. The number of aromatic nitrogens is 3. The fraction of sp³-hybridized carbons (Fsp3) is 0.650. The average molecular weight is 407 g/mol. The first-order chi connectivity index (χ1) is 13.1. The Balaban J connectivity index is 1.61. The van der Waals surface area contributed by atoms with Gasteiger partial charge in [-0.3, -0.25) is 4.79 Å². The summed E-state index contributed by atoms with van der Waals surface area (Å²) in [7, 11) is 0. The second kappa shape index (κ2) is 9.73. The van der Waals surface area contributed by atoms with E-state index in [4.69, 9.17) is 0 Å². The van der Waals surface area contributed by atoms with Crippen LogP contribution in [0.4, 0.5) is 0 Å². The zero-order valence-electron chi connectivity index (χ0n) is 16.5. The maximum absolute atomic E-state index is 12.4. The lowest BCUT2D eigenvalue weighted by molar-refractivity contribution is -0.119. The van der Waals surface area contributed by atoms with Gasteiger partial charge < -0.3 is 9.88 Å². The minimum atomic E-state index is 0.108. The highest BCUT2D eigenvalue weighted by molar-refractivity contribution is 7.99. The van der Waals surface area contributed by atoms with Crippen LogP contribution in [0.5, 0.6) is 0 Å². The Labute approximate surface area is 170 Å². The van der Waals surface area contributed by atoms with Crippen molar-refractivity contribution in [2.45, 2.75) is 83.0 Å². The molecule has 0 bridgehead atoms. The van der Waals surface area contributed by atoms with Crippen molar-refractivity contribution in [3.63, 3.8) is 0 Å². The molecule has 0 radical (unpaired) electrons. The molecule has 27 heavy (non-hydrogen) atoms. The molecule has 0 aromatic carbocycles. The van der Waals surface area contributed by atoms with E-state index in [-0.39, 0.29) is 5.91 Å². The number of amides is 1. The van der Waals surface area contributed by atoms with Crippen molar-refractivity contribution < 1.29 is 4.79 Å². The molecule has 1 amide bonds. The van der Waals surface area contributed by atoms with Crippen molar-refractivity contribution in [2.24, 2.45) is 0 Å². The first kappa shape index (κ1) is 20.4.